The molecule has 5 nitrogen and oxygen atoms in total. The van der Waals surface area contributed by atoms with Crippen LogP contribution in [0.15, 0.2) is 42.6 Å². The van der Waals surface area contributed by atoms with Crippen LogP contribution < -0.4 is 10.6 Å². The first kappa shape index (κ1) is 15.0. The van der Waals surface area contributed by atoms with Crippen LogP contribution in [-0.4, -0.2) is 29.1 Å². The molecule has 0 aliphatic rings. The average Bonchev–Trinajstić information content (AvgIpc) is 2.52. The van der Waals surface area contributed by atoms with Gasteiger partial charge in [-0.2, -0.15) is 0 Å². The average molecular weight is 285 g/mol. The number of nitrogens with one attached hydrogen (secondary N) is 2. The van der Waals surface area contributed by atoms with Gasteiger partial charge in [0.1, 0.15) is 0 Å². The van der Waals surface area contributed by atoms with E-state index in [9.17, 15) is 4.79 Å². The SMILES string of the molecule is Cc1ccc(CNc2ccc(C(=O)NCCO)cc2)nc1. The van der Waals surface area contributed by atoms with E-state index in [1.165, 1.54) is 0 Å². The van der Waals surface area contributed by atoms with Gasteiger partial charge in [-0.1, -0.05) is 6.07 Å². The summed E-state index contributed by atoms with van der Waals surface area (Å²) in [4.78, 5) is 16.0. The largest absolute Gasteiger partial charge is 0.395 e. The van der Waals surface area contributed by atoms with E-state index in [2.05, 4.69) is 15.6 Å². The van der Waals surface area contributed by atoms with Crippen LogP contribution in [0.25, 0.3) is 0 Å². The Labute approximate surface area is 124 Å². The lowest BCUT2D eigenvalue weighted by Gasteiger charge is -2.08. The van der Waals surface area contributed by atoms with E-state index in [-0.39, 0.29) is 19.1 Å². The van der Waals surface area contributed by atoms with Gasteiger partial charge in [0.2, 0.25) is 0 Å². The van der Waals surface area contributed by atoms with E-state index in [1.54, 1.807) is 12.1 Å². The highest BCUT2D eigenvalue weighted by molar-refractivity contribution is 5.94. The van der Waals surface area contributed by atoms with Crippen molar-refractivity contribution in [2.24, 2.45) is 0 Å². The number of hydrogen-bond acceptors (Lipinski definition) is 4. The molecule has 1 amide bonds. The maximum absolute atomic E-state index is 11.7. The highest BCUT2D eigenvalue weighted by atomic mass is 16.3. The molecule has 1 aromatic heterocycles. The van der Waals surface area contributed by atoms with E-state index in [1.807, 2.05) is 37.4 Å². The number of aromatic nitrogens is 1. The van der Waals surface area contributed by atoms with Gasteiger partial charge in [0.25, 0.3) is 5.91 Å². The van der Waals surface area contributed by atoms with Crippen LogP contribution in [0.5, 0.6) is 0 Å². The van der Waals surface area contributed by atoms with Crippen molar-refractivity contribution in [2.45, 2.75) is 13.5 Å². The summed E-state index contributed by atoms with van der Waals surface area (Å²) in [6.45, 7) is 2.84. The fourth-order valence-corrected chi connectivity index (χ4v) is 1.81. The molecule has 0 atom stereocenters. The lowest BCUT2D eigenvalue weighted by atomic mass is 10.2. The number of anilines is 1. The summed E-state index contributed by atoms with van der Waals surface area (Å²) in [6.07, 6.45) is 1.84. The van der Waals surface area contributed by atoms with Crippen LogP contribution in [0.3, 0.4) is 0 Å². The molecule has 0 radical (unpaired) electrons. The minimum atomic E-state index is -0.184. The van der Waals surface area contributed by atoms with Gasteiger partial charge < -0.3 is 15.7 Å². The quantitative estimate of drug-likeness (QED) is 0.755. The number of aryl methyl sites for hydroxylation is 1. The second-order valence-electron chi connectivity index (χ2n) is 4.74. The summed E-state index contributed by atoms with van der Waals surface area (Å²) in [5.74, 6) is -0.184. The number of aliphatic hydroxyl groups is 1. The third-order valence-electron chi connectivity index (χ3n) is 2.99. The summed E-state index contributed by atoms with van der Waals surface area (Å²) < 4.78 is 0. The third-order valence-corrected chi connectivity index (χ3v) is 2.99. The first-order valence-electron chi connectivity index (χ1n) is 6.83. The minimum Gasteiger partial charge on any atom is -0.395 e. The Balaban J connectivity index is 1.90. The predicted octanol–water partition coefficient (Wildman–Crippen LogP) is 1.72. The fraction of sp³-hybridized carbons (Fsp3) is 0.250. The lowest BCUT2D eigenvalue weighted by molar-refractivity contribution is 0.0945. The van der Waals surface area contributed by atoms with Gasteiger partial charge in [-0.25, -0.2) is 0 Å². The van der Waals surface area contributed by atoms with Crippen molar-refractivity contribution in [1.29, 1.82) is 0 Å². The van der Waals surface area contributed by atoms with E-state index in [4.69, 9.17) is 5.11 Å². The Kier molecular flexibility index (Phi) is 5.29. The molecule has 0 fully saturated rings. The Bertz CT molecular complexity index is 579. The highest BCUT2D eigenvalue weighted by Crippen LogP contribution is 2.11. The molecular formula is C16H19N3O2. The molecule has 3 N–H and O–H groups in total. The standard InChI is InChI=1S/C16H19N3O2/c1-12-2-5-15(18-10-12)11-19-14-6-3-13(4-7-14)16(21)17-8-9-20/h2-7,10,19-20H,8-9,11H2,1H3,(H,17,21). The first-order chi connectivity index (χ1) is 10.2. The molecule has 110 valence electrons. The summed E-state index contributed by atoms with van der Waals surface area (Å²) in [5.41, 5.74) is 3.60. The third kappa shape index (κ3) is 4.57. The van der Waals surface area contributed by atoms with E-state index >= 15 is 0 Å². The van der Waals surface area contributed by atoms with Crippen LogP contribution in [0.2, 0.25) is 0 Å². The van der Waals surface area contributed by atoms with Crippen molar-refractivity contribution in [2.75, 3.05) is 18.5 Å². The molecule has 0 aliphatic carbocycles. The van der Waals surface area contributed by atoms with E-state index in [0.29, 0.717) is 12.1 Å². The number of rotatable bonds is 6. The van der Waals surface area contributed by atoms with Crippen LogP contribution >= 0.6 is 0 Å². The zero-order valence-electron chi connectivity index (χ0n) is 12.0. The zero-order valence-corrected chi connectivity index (χ0v) is 12.0. The number of benzene rings is 1. The number of carbonyl (C=O) groups is 1. The van der Waals surface area contributed by atoms with Gasteiger partial charge in [-0.15, -0.1) is 0 Å². The van der Waals surface area contributed by atoms with Crippen molar-refractivity contribution in [1.82, 2.24) is 10.3 Å². The number of carbonyl (C=O) groups excluding carboxylic acids is 1. The van der Waals surface area contributed by atoms with Crippen LogP contribution in [0, 0.1) is 6.92 Å². The molecule has 0 spiro atoms. The van der Waals surface area contributed by atoms with Crippen molar-refractivity contribution >= 4 is 11.6 Å². The molecule has 0 saturated carbocycles. The van der Waals surface area contributed by atoms with Crippen LogP contribution in [-0.2, 0) is 6.54 Å². The summed E-state index contributed by atoms with van der Waals surface area (Å²) in [7, 11) is 0. The Morgan fingerprint density at radius 1 is 1.19 bits per heavy atom. The highest BCUT2D eigenvalue weighted by Gasteiger charge is 2.04. The van der Waals surface area contributed by atoms with Gasteiger partial charge in [0, 0.05) is 24.0 Å². The van der Waals surface area contributed by atoms with Crippen molar-refractivity contribution in [3.05, 3.63) is 59.4 Å². The predicted molar refractivity (Wildman–Crippen MR) is 82.2 cm³/mol. The van der Waals surface area contributed by atoms with E-state index in [0.717, 1.165) is 16.9 Å². The van der Waals surface area contributed by atoms with Gasteiger partial charge >= 0.3 is 0 Å². The molecule has 2 aromatic rings. The second-order valence-corrected chi connectivity index (χ2v) is 4.74. The van der Waals surface area contributed by atoms with E-state index < -0.39 is 0 Å². The van der Waals surface area contributed by atoms with Crippen molar-refractivity contribution < 1.29 is 9.90 Å². The lowest BCUT2D eigenvalue weighted by Crippen LogP contribution is -2.26. The molecule has 0 bridgehead atoms. The molecule has 0 saturated heterocycles. The summed E-state index contributed by atoms with van der Waals surface area (Å²) in [5, 5.41) is 14.5. The summed E-state index contributed by atoms with van der Waals surface area (Å²) in [6, 6.07) is 11.2. The van der Waals surface area contributed by atoms with Crippen molar-refractivity contribution in [3.8, 4) is 0 Å². The Morgan fingerprint density at radius 3 is 2.57 bits per heavy atom. The fourth-order valence-electron chi connectivity index (χ4n) is 1.81. The van der Waals surface area contributed by atoms with Crippen LogP contribution in [0.1, 0.15) is 21.6 Å². The molecule has 0 aliphatic heterocycles. The van der Waals surface area contributed by atoms with Gasteiger partial charge in [0.15, 0.2) is 0 Å². The molecule has 1 heterocycles. The topological polar surface area (TPSA) is 74.2 Å². The van der Waals surface area contributed by atoms with Crippen molar-refractivity contribution in [3.63, 3.8) is 0 Å². The number of amides is 1. The number of nitrogens with zero attached hydrogens (tertiary/aromatic N) is 1. The number of hydrogen-bond donors (Lipinski definition) is 3. The Hall–Kier alpha value is -2.40. The number of aliphatic hydroxyl groups excluding tert-OH is 1. The molecule has 1 aromatic carbocycles. The molecule has 5 heteroatoms. The summed E-state index contributed by atoms with van der Waals surface area (Å²) >= 11 is 0. The normalized spacial score (nSPS) is 10.2. The number of pyridine rings is 1. The zero-order chi connectivity index (χ0) is 15.1. The maximum Gasteiger partial charge on any atom is 0.251 e. The monoisotopic (exact) mass is 285 g/mol. The Morgan fingerprint density at radius 2 is 1.95 bits per heavy atom. The minimum absolute atomic E-state index is 0.0606. The molecule has 2 rings (SSSR count). The molecule has 0 unspecified atom stereocenters. The maximum atomic E-state index is 11.7. The first-order valence-corrected chi connectivity index (χ1v) is 6.83. The van der Waals surface area contributed by atoms with Crippen LogP contribution in [0.4, 0.5) is 5.69 Å². The van der Waals surface area contributed by atoms with Gasteiger partial charge in [-0.3, -0.25) is 9.78 Å². The smallest absolute Gasteiger partial charge is 0.251 e. The van der Waals surface area contributed by atoms with Gasteiger partial charge in [-0.05, 0) is 42.8 Å². The molecular weight excluding hydrogens is 266 g/mol. The second kappa shape index (κ2) is 7.40. The molecule has 21 heavy (non-hydrogen) atoms. The van der Waals surface area contributed by atoms with Gasteiger partial charge in [0.05, 0.1) is 18.8 Å².